The number of rotatable bonds is 5. The Morgan fingerprint density at radius 1 is 1.07 bits per heavy atom. The third-order valence-corrected chi connectivity index (χ3v) is 6.96. The number of thiazole rings is 1. The quantitative estimate of drug-likeness (QED) is 0.697. The van der Waals surface area contributed by atoms with Gasteiger partial charge in [0, 0.05) is 18.5 Å². The van der Waals surface area contributed by atoms with E-state index in [2.05, 4.69) is 40.5 Å². The first-order valence-corrected chi connectivity index (χ1v) is 11.0. The van der Waals surface area contributed by atoms with E-state index in [9.17, 15) is 4.79 Å². The van der Waals surface area contributed by atoms with E-state index >= 15 is 0 Å². The Hall–Kier alpha value is -2.24. The summed E-state index contributed by atoms with van der Waals surface area (Å²) in [6.07, 6.45) is 4.46. The number of carbonyl (C=O) groups is 1. The van der Waals surface area contributed by atoms with E-state index in [4.69, 9.17) is 4.98 Å². The molecule has 0 bridgehead atoms. The lowest BCUT2D eigenvalue weighted by molar-refractivity contribution is -0.127. The molecular formula is C23H25N3OS. The fraction of sp³-hybridized carbons (Fsp3) is 0.391. The highest BCUT2D eigenvalue weighted by Gasteiger charge is 2.35. The van der Waals surface area contributed by atoms with Crippen LogP contribution in [0.5, 0.6) is 0 Å². The van der Waals surface area contributed by atoms with Gasteiger partial charge in [0.1, 0.15) is 6.04 Å². The first-order chi connectivity index (χ1) is 13.8. The van der Waals surface area contributed by atoms with Crippen LogP contribution in [0.4, 0.5) is 0 Å². The Labute approximate surface area is 169 Å². The fourth-order valence-electron chi connectivity index (χ4n) is 4.18. The van der Waals surface area contributed by atoms with Gasteiger partial charge in [0.25, 0.3) is 0 Å². The van der Waals surface area contributed by atoms with E-state index < -0.39 is 0 Å². The van der Waals surface area contributed by atoms with Crippen molar-refractivity contribution in [1.29, 1.82) is 0 Å². The zero-order valence-corrected chi connectivity index (χ0v) is 16.7. The second-order valence-electron chi connectivity index (χ2n) is 7.95. The maximum Gasteiger partial charge on any atom is 0.242 e. The third kappa shape index (κ3) is 3.69. The number of para-hydroxylation sites is 1. The van der Waals surface area contributed by atoms with Crippen LogP contribution in [0.25, 0.3) is 10.2 Å². The monoisotopic (exact) mass is 391 g/mol. The van der Waals surface area contributed by atoms with Crippen LogP contribution >= 0.6 is 11.3 Å². The molecule has 1 aliphatic carbocycles. The topological polar surface area (TPSA) is 45.2 Å². The molecule has 2 atom stereocenters. The van der Waals surface area contributed by atoms with E-state index in [1.807, 2.05) is 24.3 Å². The second kappa shape index (κ2) is 7.64. The molecule has 2 fully saturated rings. The van der Waals surface area contributed by atoms with Gasteiger partial charge in [-0.15, -0.1) is 11.3 Å². The third-order valence-electron chi connectivity index (χ3n) is 5.77. The predicted molar refractivity (Wildman–Crippen MR) is 114 cm³/mol. The van der Waals surface area contributed by atoms with Gasteiger partial charge in [0.2, 0.25) is 5.91 Å². The van der Waals surface area contributed by atoms with Gasteiger partial charge < -0.3 is 5.32 Å². The molecule has 1 amide bonds. The SMILES string of the molecule is O=C(NC1CC1)[C@@H](c1ccccc1)N1CCC[C@H](c2nc3ccccc3s2)C1. The van der Waals surface area contributed by atoms with Crippen molar-refractivity contribution in [2.24, 2.45) is 0 Å². The van der Waals surface area contributed by atoms with Crippen LogP contribution in [-0.2, 0) is 4.79 Å². The highest BCUT2D eigenvalue weighted by molar-refractivity contribution is 7.18. The number of fused-ring (bicyclic) bond motifs is 1. The summed E-state index contributed by atoms with van der Waals surface area (Å²) in [6.45, 7) is 1.84. The maximum absolute atomic E-state index is 13.1. The lowest BCUT2D eigenvalue weighted by atomic mass is 9.94. The van der Waals surface area contributed by atoms with Crippen molar-refractivity contribution in [3.05, 3.63) is 65.2 Å². The Balaban J connectivity index is 1.41. The average molecular weight is 392 g/mol. The molecule has 4 nitrogen and oxygen atoms in total. The fourth-order valence-corrected chi connectivity index (χ4v) is 5.27. The number of nitrogens with one attached hydrogen (secondary N) is 1. The van der Waals surface area contributed by atoms with Crippen LogP contribution in [0.15, 0.2) is 54.6 Å². The molecule has 1 aliphatic heterocycles. The van der Waals surface area contributed by atoms with Crippen molar-refractivity contribution in [3.63, 3.8) is 0 Å². The van der Waals surface area contributed by atoms with Crippen LogP contribution in [0.1, 0.15) is 48.2 Å². The maximum atomic E-state index is 13.1. The van der Waals surface area contributed by atoms with Crippen molar-refractivity contribution in [3.8, 4) is 0 Å². The normalized spacial score (nSPS) is 21.5. The van der Waals surface area contributed by atoms with Crippen molar-refractivity contribution >= 4 is 27.5 Å². The molecule has 1 aromatic heterocycles. The number of benzene rings is 2. The minimum absolute atomic E-state index is 0.152. The summed E-state index contributed by atoms with van der Waals surface area (Å²) in [5.74, 6) is 0.546. The van der Waals surface area contributed by atoms with E-state index in [1.54, 1.807) is 11.3 Å². The van der Waals surface area contributed by atoms with Crippen LogP contribution in [-0.4, -0.2) is 34.9 Å². The van der Waals surface area contributed by atoms with Gasteiger partial charge in [0.15, 0.2) is 0 Å². The Morgan fingerprint density at radius 2 is 1.86 bits per heavy atom. The van der Waals surface area contributed by atoms with Crippen LogP contribution in [0.3, 0.4) is 0 Å². The predicted octanol–water partition coefficient (Wildman–Crippen LogP) is 4.50. The van der Waals surface area contributed by atoms with Crippen molar-refractivity contribution in [2.45, 2.75) is 43.7 Å². The summed E-state index contributed by atoms with van der Waals surface area (Å²) in [5, 5.41) is 4.44. The highest BCUT2D eigenvalue weighted by Crippen LogP contribution is 2.36. The molecule has 1 saturated carbocycles. The Bertz CT molecular complexity index is 933. The number of nitrogens with zero attached hydrogens (tertiary/aromatic N) is 2. The molecule has 2 aliphatic rings. The van der Waals surface area contributed by atoms with Crippen LogP contribution in [0, 0.1) is 0 Å². The molecule has 144 valence electrons. The largest absolute Gasteiger partial charge is 0.352 e. The number of hydrogen-bond acceptors (Lipinski definition) is 4. The number of likely N-dealkylation sites (tertiary alicyclic amines) is 1. The highest BCUT2D eigenvalue weighted by atomic mass is 32.1. The minimum Gasteiger partial charge on any atom is -0.352 e. The number of hydrogen-bond donors (Lipinski definition) is 1. The molecular weight excluding hydrogens is 366 g/mol. The summed E-state index contributed by atoms with van der Waals surface area (Å²) < 4.78 is 1.25. The van der Waals surface area contributed by atoms with Gasteiger partial charge >= 0.3 is 0 Å². The summed E-state index contributed by atoms with van der Waals surface area (Å²) >= 11 is 1.80. The second-order valence-corrected chi connectivity index (χ2v) is 9.01. The average Bonchev–Trinajstić information content (AvgIpc) is 3.43. The summed E-state index contributed by atoms with van der Waals surface area (Å²) in [5.41, 5.74) is 2.18. The van der Waals surface area contributed by atoms with Gasteiger partial charge in [-0.05, 0) is 49.9 Å². The summed E-state index contributed by atoms with van der Waals surface area (Å²) in [7, 11) is 0. The van der Waals surface area contributed by atoms with Gasteiger partial charge in [-0.3, -0.25) is 9.69 Å². The zero-order valence-electron chi connectivity index (χ0n) is 15.9. The van der Waals surface area contributed by atoms with E-state index in [-0.39, 0.29) is 11.9 Å². The molecule has 5 heteroatoms. The van der Waals surface area contributed by atoms with Crippen molar-refractivity contribution in [2.75, 3.05) is 13.1 Å². The number of amides is 1. The first kappa shape index (κ1) is 17.8. The molecule has 1 N–H and O–H groups in total. The molecule has 0 spiro atoms. The van der Waals surface area contributed by atoms with E-state index in [0.717, 1.165) is 49.9 Å². The number of aromatic nitrogens is 1. The molecule has 1 saturated heterocycles. The molecule has 2 heterocycles. The smallest absolute Gasteiger partial charge is 0.242 e. The van der Waals surface area contributed by atoms with E-state index in [0.29, 0.717) is 12.0 Å². The number of piperidine rings is 1. The lowest BCUT2D eigenvalue weighted by Gasteiger charge is -2.37. The Morgan fingerprint density at radius 3 is 2.64 bits per heavy atom. The summed E-state index contributed by atoms with van der Waals surface area (Å²) in [4.78, 5) is 20.4. The van der Waals surface area contributed by atoms with Gasteiger partial charge in [-0.2, -0.15) is 0 Å². The molecule has 5 rings (SSSR count). The van der Waals surface area contributed by atoms with Crippen molar-refractivity contribution < 1.29 is 4.79 Å². The molecule has 3 aromatic rings. The lowest BCUT2D eigenvalue weighted by Crippen LogP contribution is -2.45. The van der Waals surface area contributed by atoms with Crippen LogP contribution < -0.4 is 5.32 Å². The molecule has 0 radical (unpaired) electrons. The molecule has 28 heavy (non-hydrogen) atoms. The summed E-state index contributed by atoms with van der Waals surface area (Å²) in [6, 6.07) is 18.8. The number of carbonyl (C=O) groups excluding carboxylic acids is 1. The minimum atomic E-state index is -0.209. The zero-order chi connectivity index (χ0) is 18.9. The van der Waals surface area contributed by atoms with Crippen molar-refractivity contribution in [1.82, 2.24) is 15.2 Å². The molecule has 2 aromatic carbocycles. The first-order valence-electron chi connectivity index (χ1n) is 10.2. The van der Waals surface area contributed by atoms with Gasteiger partial charge in [0.05, 0.1) is 15.2 Å². The van der Waals surface area contributed by atoms with Crippen LogP contribution in [0.2, 0.25) is 0 Å². The molecule has 0 unspecified atom stereocenters. The van der Waals surface area contributed by atoms with Gasteiger partial charge in [-0.1, -0.05) is 42.5 Å². The standard InChI is InChI=1S/C23H25N3OS/c27-22(24-18-12-13-18)21(16-7-2-1-3-8-16)26-14-6-9-17(15-26)23-25-19-10-4-5-11-20(19)28-23/h1-5,7-8,10-11,17-18,21H,6,9,12-15H2,(H,24,27)/t17-,21+/m0/s1. The van der Waals surface area contributed by atoms with Gasteiger partial charge in [-0.25, -0.2) is 4.98 Å². The Kier molecular flexibility index (Phi) is 4.87. The van der Waals surface area contributed by atoms with E-state index in [1.165, 1.54) is 9.71 Å².